The molecule has 0 radical (unpaired) electrons. The van der Waals surface area contributed by atoms with Crippen LogP contribution >= 0.6 is 15.9 Å². The van der Waals surface area contributed by atoms with Gasteiger partial charge in [-0.05, 0) is 59.6 Å². The summed E-state index contributed by atoms with van der Waals surface area (Å²) in [6.45, 7) is 2.73. The Balaban J connectivity index is 1.94. The van der Waals surface area contributed by atoms with E-state index in [1.165, 1.54) is 16.7 Å². The largest absolute Gasteiger partial charge is 0.472 e. The number of ether oxygens (including phenoxy) is 1. The van der Waals surface area contributed by atoms with Gasteiger partial charge in [0.2, 0.25) is 11.8 Å². The summed E-state index contributed by atoms with van der Waals surface area (Å²) in [6.07, 6.45) is 0. The Labute approximate surface area is 195 Å². The van der Waals surface area contributed by atoms with Crippen molar-refractivity contribution in [2.75, 3.05) is 6.54 Å². The van der Waals surface area contributed by atoms with E-state index >= 15 is 0 Å². The average Bonchev–Trinajstić information content (AvgIpc) is 2.75. The monoisotopic (exact) mass is 520 g/mol. The maximum atomic E-state index is 13.9. The Bertz CT molecular complexity index is 1310. The number of primary amides is 1. The number of benzene rings is 2. The van der Waals surface area contributed by atoms with Gasteiger partial charge in [-0.25, -0.2) is 8.78 Å². The summed E-state index contributed by atoms with van der Waals surface area (Å²) in [5.74, 6) is -2.53. The number of hydrogen-bond acceptors (Lipinski definition) is 5. The van der Waals surface area contributed by atoms with Gasteiger partial charge in [0.25, 0.3) is 11.5 Å². The van der Waals surface area contributed by atoms with Crippen LogP contribution < -0.4 is 21.3 Å². The van der Waals surface area contributed by atoms with Crippen molar-refractivity contribution in [1.82, 2.24) is 14.9 Å². The summed E-state index contributed by atoms with van der Waals surface area (Å²) < 4.78 is 33.7. The summed E-state index contributed by atoms with van der Waals surface area (Å²) >= 11 is 3.17. The highest BCUT2D eigenvalue weighted by molar-refractivity contribution is 9.10. The highest BCUT2D eigenvalue weighted by Crippen LogP contribution is 2.24. The molecule has 0 saturated heterocycles. The minimum atomic E-state index is -0.779. The number of nitrogens with one attached hydrogen (secondary N) is 1. The predicted octanol–water partition coefficient (Wildman–Crippen LogP) is 2.68. The maximum absolute atomic E-state index is 13.9. The van der Waals surface area contributed by atoms with E-state index in [1.54, 1.807) is 26.0 Å². The minimum Gasteiger partial charge on any atom is -0.472 e. The Morgan fingerprint density at radius 3 is 2.58 bits per heavy atom. The fourth-order valence-electron chi connectivity index (χ4n) is 3.01. The molecule has 0 bridgehead atoms. The molecule has 33 heavy (non-hydrogen) atoms. The van der Waals surface area contributed by atoms with Crippen LogP contribution in [0.5, 0.6) is 5.88 Å². The number of nitrogens with two attached hydrogens (primary N) is 1. The van der Waals surface area contributed by atoms with Crippen LogP contribution in [-0.4, -0.2) is 27.9 Å². The molecule has 11 heteroatoms. The van der Waals surface area contributed by atoms with Crippen molar-refractivity contribution in [3.8, 4) is 11.6 Å². The highest BCUT2D eigenvalue weighted by atomic mass is 79.9. The topological polar surface area (TPSA) is 116 Å². The molecule has 172 valence electrons. The second-order valence-corrected chi connectivity index (χ2v) is 7.89. The molecule has 2 aromatic carbocycles. The summed E-state index contributed by atoms with van der Waals surface area (Å²) in [6, 6.07) is 7.76. The first-order valence-corrected chi connectivity index (χ1v) is 10.4. The number of amides is 2. The van der Waals surface area contributed by atoms with Crippen molar-refractivity contribution in [1.29, 1.82) is 0 Å². The number of halogens is 3. The molecule has 2 amide bonds. The van der Waals surface area contributed by atoms with Crippen molar-refractivity contribution in [3.63, 3.8) is 0 Å². The van der Waals surface area contributed by atoms with Gasteiger partial charge in [0.15, 0.2) is 0 Å². The third-order valence-corrected chi connectivity index (χ3v) is 5.36. The molecule has 0 aliphatic carbocycles. The van der Waals surface area contributed by atoms with Crippen LogP contribution in [0, 0.1) is 25.5 Å². The van der Waals surface area contributed by atoms with Crippen LogP contribution in [0.2, 0.25) is 0 Å². The van der Waals surface area contributed by atoms with E-state index in [0.717, 1.165) is 12.1 Å². The van der Waals surface area contributed by atoms with Crippen molar-refractivity contribution in [2.45, 2.75) is 20.5 Å². The molecular formula is C22H19BrF2N4O4. The molecule has 1 heterocycles. The van der Waals surface area contributed by atoms with Crippen LogP contribution in [-0.2, 0) is 11.4 Å². The third-order valence-electron chi connectivity index (χ3n) is 4.68. The van der Waals surface area contributed by atoms with Crippen molar-refractivity contribution >= 4 is 27.7 Å². The fourth-order valence-corrected chi connectivity index (χ4v) is 3.39. The second-order valence-electron chi connectivity index (χ2n) is 7.09. The second kappa shape index (κ2) is 9.90. The molecule has 0 fully saturated rings. The first-order valence-electron chi connectivity index (χ1n) is 9.62. The van der Waals surface area contributed by atoms with Crippen LogP contribution in [0.25, 0.3) is 5.69 Å². The molecule has 1 aromatic heterocycles. The molecular weight excluding hydrogens is 502 g/mol. The van der Waals surface area contributed by atoms with Gasteiger partial charge >= 0.3 is 0 Å². The van der Waals surface area contributed by atoms with Crippen molar-refractivity contribution < 1.29 is 23.1 Å². The lowest BCUT2D eigenvalue weighted by molar-refractivity contribution is -0.117. The molecule has 8 nitrogen and oxygen atoms in total. The molecule has 0 unspecified atom stereocenters. The van der Waals surface area contributed by atoms with E-state index in [-0.39, 0.29) is 40.5 Å². The number of aromatic nitrogens is 2. The van der Waals surface area contributed by atoms with E-state index in [9.17, 15) is 23.2 Å². The zero-order valence-electron chi connectivity index (χ0n) is 17.6. The molecule has 0 atom stereocenters. The summed E-state index contributed by atoms with van der Waals surface area (Å²) in [4.78, 5) is 40.6. The quantitative estimate of drug-likeness (QED) is 0.496. The lowest BCUT2D eigenvalue weighted by Gasteiger charge is -2.16. The normalized spacial score (nSPS) is 10.7. The van der Waals surface area contributed by atoms with Gasteiger partial charge in [-0.15, -0.1) is 0 Å². The van der Waals surface area contributed by atoms with Crippen LogP contribution in [0.1, 0.15) is 27.3 Å². The van der Waals surface area contributed by atoms with Gasteiger partial charge in [0.05, 0.1) is 12.2 Å². The van der Waals surface area contributed by atoms with Gasteiger partial charge in [-0.2, -0.15) is 4.98 Å². The maximum Gasteiger partial charge on any atom is 0.276 e. The summed E-state index contributed by atoms with van der Waals surface area (Å²) in [7, 11) is 0. The standard InChI is InChI=1S/C22H19BrF2N4O4/c1-11-3-4-13(20(31)27-9-18(26)30)7-17(11)29-12(2)28-21(19(23)22(29)32)33-10-14-5-6-15(24)8-16(14)25/h3-8H,9-10H2,1-2H3,(H2,26,30)(H,27,31). The van der Waals surface area contributed by atoms with Crippen LogP contribution in [0.15, 0.2) is 45.7 Å². The fraction of sp³-hybridized carbons (Fsp3) is 0.182. The molecule has 0 aliphatic heterocycles. The molecule has 0 aliphatic rings. The lowest BCUT2D eigenvalue weighted by atomic mass is 10.1. The number of hydrogen-bond donors (Lipinski definition) is 2. The highest BCUT2D eigenvalue weighted by Gasteiger charge is 2.18. The van der Waals surface area contributed by atoms with Gasteiger partial charge in [-0.3, -0.25) is 19.0 Å². The van der Waals surface area contributed by atoms with Gasteiger partial charge in [-0.1, -0.05) is 6.07 Å². The first-order chi connectivity index (χ1) is 15.6. The van der Waals surface area contributed by atoms with Crippen molar-refractivity contribution in [3.05, 3.63) is 85.4 Å². The van der Waals surface area contributed by atoms with E-state index in [1.807, 2.05) is 0 Å². The van der Waals surface area contributed by atoms with Gasteiger partial charge < -0.3 is 15.8 Å². The smallest absolute Gasteiger partial charge is 0.276 e. The SMILES string of the molecule is Cc1ccc(C(=O)NCC(N)=O)cc1-n1c(C)nc(OCc2ccc(F)cc2F)c(Br)c1=O. The van der Waals surface area contributed by atoms with Crippen LogP contribution in [0.4, 0.5) is 8.78 Å². The lowest BCUT2D eigenvalue weighted by Crippen LogP contribution is -2.33. The first kappa shape index (κ1) is 24.1. The molecule has 0 spiro atoms. The number of rotatable bonds is 7. The Hall–Kier alpha value is -3.60. The zero-order valence-corrected chi connectivity index (χ0v) is 19.2. The Morgan fingerprint density at radius 1 is 1.18 bits per heavy atom. The number of carbonyl (C=O) groups is 2. The van der Waals surface area contributed by atoms with Gasteiger partial charge in [0.1, 0.15) is 28.5 Å². The average molecular weight is 521 g/mol. The third kappa shape index (κ3) is 5.43. The Morgan fingerprint density at radius 2 is 1.91 bits per heavy atom. The van der Waals surface area contributed by atoms with Gasteiger partial charge in [0, 0.05) is 17.2 Å². The molecule has 3 aromatic rings. The molecule has 3 N–H and O–H groups in total. The van der Waals surface area contributed by atoms with E-state index in [0.29, 0.717) is 11.3 Å². The summed E-state index contributed by atoms with van der Waals surface area (Å²) in [5.41, 5.74) is 5.92. The minimum absolute atomic E-state index is 0.0152. The molecule has 0 saturated carbocycles. The van der Waals surface area contributed by atoms with E-state index < -0.39 is 29.0 Å². The predicted molar refractivity (Wildman–Crippen MR) is 119 cm³/mol. The molecule has 3 rings (SSSR count). The van der Waals surface area contributed by atoms with Crippen LogP contribution in [0.3, 0.4) is 0 Å². The summed E-state index contributed by atoms with van der Waals surface area (Å²) in [5, 5.41) is 2.39. The zero-order chi connectivity index (χ0) is 24.3. The number of aryl methyl sites for hydroxylation is 2. The Kier molecular flexibility index (Phi) is 7.22. The number of carbonyl (C=O) groups excluding carboxylic acids is 2. The van der Waals surface area contributed by atoms with E-state index in [4.69, 9.17) is 10.5 Å². The van der Waals surface area contributed by atoms with Crippen molar-refractivity contribution in [2.24, 2.45) is 5.73 Å². The van der Waals surface area contributed by atoms with E-state index in [2.05, 4.69) is 26.2 Å². The number of nitrogens with zero attached hydrogens (tertiary/aromatic N) is 2.